The predicted octanol–water partition coefficient (Wildman–Crippen LogP) is 2.89. The molecule has 1 aliphatic rings. The van der Waals surface area contributed by atoms with Crippen LogP contribution in [-0.2, 0) is 0 Å². The van der Waals surface area contributed by atoms with Crippen LogP contribution in [0.4, 0.5) is 0 Å². The molecule has 0 saturated carbocycles. The van der Waals surface area contributed by atoms with Gasteiger partial charge in [-0.2, -0.15) is 0 Å². The van der Waals surface area contributed by atoms with E-state index in [-0.39, 0.29) is 18.6 Å². The van der Waals surface area contributed by atoms with Crippen LogP contribution >= 0.6 is 0 Å². The van der Waals surface area contributed by atoms with E-state index in [1.54, 1.807) is 4.90 Å². The summed E-state index contributed by atoms with van der Waals surface area (Å²) in [6.07, 6.45) is 0.462. The number of nitrogens with zero attached hydrogens (tertiary/aromatic N) is 1. The Hall–Kier alpha value is -2.46. The maximum Gasteiger partial charge on any atom is 0.254 e. The van der Waals surface area contributed by atoms with E-state index >= 15 is 0 Å². The molecule has 4 nitrogen and oxygen atoms in total. The van der Waals surface area contributed by atoms with E-state index in [0.717, 1.165) is 11.1 Å². The van der Waals surface area contributed by atoms with Crippen LogP contribution < -0.4 is 0 Å². The summed E-state index contributed by atoms with van der Waals surface area (Å²) in [6.45, 7) is 2.27. The SMILES string of the molecule is Cc1ccccc1-c1ccc(C(=O)N2CC(=N)C[C@H]2CO)cc1. The van der Waals surface area contributed by atoms with Crippen LogP contribution in [-0.4, -0.2) is 40.8 Å². The van der Waals surface area contributed by atoms with Gasteiger partial charge in [0, 0.05) is 17.7 Å². The summed E-state index contributed by atoms with van der Waals surface area (Å²) in [4.78, 5) is 14.2. The second-order valence-electron chi connectivity index (χ2n) is 5.97. The number of benzene rings is 2. The molecule has 4 heteroatoms. The van der Waals surface area contributed by atoms with Crippen molar-refractivity contribution >= 4 is 11.6 Å². The van der Waals surface area contributed by atoms with Gasteiger partial charge in [-0.05, 0) is 35.7 Å². The molecule has 1 aliphatic heterocycles. The Bertz CT molecular complexity index is 737. The van der Waals surface area contributed by atoms with Crippen LogP contribution in [0.3, 0.4) is 0 Å². The van der Waals surface area contributed by atoms with Crippen molar-refractivity contribution in [2.75, 3.05) is 13.2 Å². The zero-order chi connectivity index (χ0) is 16.4. The van der Waals surface area contributed by atoms with Crippen molar-refractivity contribution in [3.63, 3.8) is 0 Å². The third-order valence-electron chi connectivity index (χ3n) is 4.34. The van der Waals surface area contributed by atoms with Gasteiger partial charge in [-0.15, -0.1) is 0 Å². The van der Waals surface area contributed by atoms with Crippen molar-refractivity contribution in [2.24, 2.45) is 0 Å². The third kappa shape index (κ3) is 3.03. The van der Waals surface area contributed by atoms with Crippen molar-refractivity contribution in [1.29, 1.82) is 5.41 Å². The summed E-state index contributed by atoms with van der Waals surface area (Å²) >= 11 is 0. The lowest BCUT2D eigenvalue weighted by atomic mass is 9.99. The van der Waals surface area contributed by atoms with Crippen molar-refractivity contribution in [1.82, 2.24) is 4.90 Å². The topological polar surface area (TPSA) is 64.4 Å². The molecule has 0 spiro atoms. The van der Waals surface area contributed by atoms with Crippen molar-refractivity contribution in [2.45, 2.75) is 19.4 Å². The number of nitrogens with one attached hydrogen (secondary N) is 1. The monoisotopic (exact) mass is 308 g/mol. The second kappa shape index (κ2) is 6.34. The van der Waals surface area contributed by atoms with Crippen molar-refractivity contribution < 1.29 is 9.90 Å². The maximum atomic E-state index is 12.6. The average Bonchev–Trinajstić information content (AvgIpc) is 2.96. The molecule has 0 aliphatic carbocycles. The van der Waals surface area contributed by atoms with Gasteiger partial charge in [-0.3, -0.25) is 4.79 Å². The molecule has 2 aromatic rings. The van der Waals surface area contributed by atoms with E-state index in [1.165, 1.54) is 5.56 Å². The van der Waals surface area contributed by atoms with Gasteiger partial charge in [-0.25, -0.2) is 0 Å². The first-order valence-corrected chi connectivity index (χ1v) is 7.74. The van der Waals surface area contributed by atoms with Gasteiger partial charge in [0.25, 0.3) is 5.91 Å². The Morgan fingerprint density at radius 2 is 1.91 bits per heavy atom. The molecule has 0 unspecified atom stereocenters. The Kier molecular flexibility index (Phi) is 4.26. The second-order valence-corrected chi connectivity index (χ2v) is 5.97. The first-order chi connectivity index (χ1) is 11.1. The summed E-state index contributed by atoms with van der Waals surface area (Å²) in [6, 6.07) is 15.4. The minimum Gasteiger partial charge on any atom is -0.394 e. The zero-order valence-electron chi connectivity index (χ0n) is 13.1. The van der Waals surface area contributed by atoms with E-state index in [2.05, 4.69) is 19.1 Å². The number of hydrogen-bond donors (Lipinski definition) is 2. The van der Waals surface area contributed by atoms with Crippen LogP contribution in [0.15, 0.2) is 48.5 Å². The van der Waals surface area contributed by atoms with Gasteiger partial charge in [0.2, 0.25) is 0 Å². The first kappa shape index (κ1) is 15.4. The van der Waals surface area contributed by atoms with E-state index < -0.39 is 0 Å². The fourth-order valence-electron chi connectivity index (χ4n) is 3.05. The number of aliphatic hydroxyl groups is 1. The minimum absolute atomic E-state index is 0.102. The standard InChI is InChI=1S/C19H20N2O2/c1-13-4-2-3-5-18(13)14-6-8-15(9-7-14)19(23)21-11-16(20)10-17(21)12-22/h2-9,17,20,22H,10-12H2,1H3/t17-/m0/s1. The fraction of sp³-hybridized carbons (Fsp3) is 0.263. The van der Waals surface area contributed by atoms with Crippen LogP contribution in [0.25, 0.3) is 11.1 Å². The highest BCUT2D eigenvalue weighted by Crippen LogP contribution is 2.24. The Morgan fingerprint density at radius 3 is 2.57 bits per heavy atom. The summed E-state index contributed by atoms with van der Waals surface area (Å²) < 4.78 is 0. The van der Waals surface area contributed by atoms with Gasteiger partial charge >= 0.3 is 0 Å². The van der Waals surface area contributed by atoms with Gasteiger partial charge in [-0.1, -0.05) is 36.4 Å². The molecule has 1 atom stereocenters. The molecule has 2 aromatic carbocycles. The Balaban J connectivity index is 1.84. The largest absolute Gasteiger partial charge is 0.394 e. The third-order valence-corrected chi connectivity index (χ3v) is 4.34. The van der Waals surface area contributed by atoms with Gasteiger partial charge in [0.05, 0.1) is 19.2 Å². The predicted molar refractivity (Wildman–Crippen MR) is 90.9 cm³/mol. The van der Waals surface area contributed by atoms with Crippen molar-refractivity contribution in [3.05, 3.63) is 59.7 Å². The molecule has 118 valence electrons. The smallest absolute Gasteiger partial charge is 0.254 e. The summed E-state index contributed by atoms with van der Waals surface area (Å²) in [5.74, 6) is -0.123. The Morgan fingerprint density at radius 1 is 1.22 bits per heavy atom. The van der Waals surface area contributed by atoms with Crippen LogP contribution in [0.1, 0.15) is 22.3 Å². The molecular formula is C19H20N2O2. The van der Waals surface area contributed by atoms with Gasteiger partial charge < -0.3 is 15.4 Å². The number of likely N-dealkylation sites (tertiary alicyclic amines) is 1. The number of hydrogen-bond acceptors (Lipinski definition) is 3. The fourth-order valence-corrected chi connectivity index (χ4v) is 3.05. The highest BCUT2D eigenvalue weighted by Gasteiger charge is 2.31. The molecule has 1 saturated heterocycles. The Labute approximate surface area is 135 Å². The molecule has 0 radical (unpaired) electrons. The number of aliphatic hydroxyl groups excluding tert-OH is 1. The number of amides is 1. The summed E-state index contributed by atoms with van der Waals surface area (Å²) in [7, 11) is 0. The molecule has 1 amide bonds. The van der Waals surface area contributed by atoms with E-state index in [9.17, 15) is 9.90 Å². The minimum atomic E-state index is -0.272. The lowest BCUT2D eigenvalue weighted by Crippen LogP contribution is -2.37. The molecule has 0 aromatic heterocycles. The molecule has 1 heterocycles. The van der Waals surface area contributed by atoms with Crippen LogP contribution in [0, 0.1) is 12.3 Å². The van der Waals surface area contributed by atoms with Crippen molar-refractivity contribution in [3.8, 4) is 11.1 Å². The number of rotatable bonds is 3. The normalized spacial score (nSPS) is 17.6. The molecule has 3 rings (SSSR count). The van der Waals surface area contributed by atoms with E-state index in [4.69, 9.17) is 5.41 Å². The highest BCUT2D eigenvalue weighted by atomic mass is 16.3. The van der Waals surface area contributed by atoms with E-state index in [0.29, 0.717) is 24.2 Å². The lowest BCUT2D eigenvalue weighted by Gasteiger charge is -2.22. The van der Waals surface area contributed by atoms with Gasteiger partial charge in [0.1, 0.15) is 0 Å². The molecule has 1 fully saturated rings. The highest BCUT2D eigenvalue weighted by molar-refractivity contribution is 6.00. The summed E-state index contributed by atoms with van der Waals surface area (Å²) in [5, 5.41) is 17.1. The van der Waals surface area contributed by atoms with E-state index in [1.807, 2.05) is 36.4 Å². The van der Waals surface area contributed by atoms with Crippen LogP contribution in [0.2, 0.25) is 0 Å². The summed E-state index contributed by atoms with van der Waals surface area (Å²) in [5.41, 5.74) is 4.51. The number of carbonyl (C=O) groups is 1. The number of aryl methyl sites for hydroxylation is 1. The first-order valence-electron chi connectivity index (χ1n) is 7.74. The molecule has 0 bridgehead atoms. The van der Waals surface area contributed by atoms with Crippen LogP contribution in [0.5, 0.6) is 0 Å². The van der Waals surface area contributed by atoms with Gasteiger partial charge in [0.15, 0.2) is 0 Å². The zero-order valence-corrected chi connectivity index (χ0v) is 13.1. The average molecular weight is 308 g/mol. The molecule has 2 N–H and O–H groups in total. The lowest BCUT2D eigenvalue weighted by molar-refractivity contribution is 0.0680. The number of carbonyl (C=O) groups excluding carboxylic acids is 1. The molecular weight excluding hydrogens is 288 g/mol. The quantitative estimate of drug-likeness (QED) is 0.915. The molecule has 23 heavy (non-hydrogen) atoms. The maximum absolute atomic E-state index is 12.6.